The molecule has 0 spiro atoms. The Hall–Kier alpha value is -3.03. The lowest BCUT2D eigenvalue weighted by molar-refractivity contribution is 0.103. The third-order valence-electron chi connectivity index (χ3n) is 6.37. The van der Waals surface area contributed by atoms with Crippen molar-refractivity contribution in [2.24, 2.45) is 0 Å². The molecule has 0 radical (unpaired) electrons. The molecule has 0 amide bonds. The van der Waals surface area contributed by atoms with E-state index in [1.807, 2.05) is 33.3 Å². The van der Waals surface area contributed by atoms with Crippen LogP contribution in [0.2, 0.25) is 0 Å². The number of benzene rings is 2. The number of rotatable bonds is 6. The van der Waals surface area contributed by atoms with E-state index in [0.29, 0.717) is 35.2 Å². The molecule has 32 heavy (non-hydrogen) atoms. The van der Waals surface area contributed by atoms with E-state index in [0.717, 1.165) is 18.5 Å². The minimum absolute atomic E-state index is 0.0694. The number of allylic oxidation sites excluding steroid dienone is 1. The Bertz CT molecular complexity index is 1380. The molecule has 1 aliphatic rings. The van der Waals surface area contributed by atoms with Gasteiger partial charge in [0.2, 0.25) is 10.5 Å². The Kier molecular flexibility index (Phi) is 5.76. The number of hydrogen-bond acceptors (Lipinski definition) is 4. The van der Waals surface area contributed by atoms with Gasteiger partial charge in [0.05, 0.1) is 17.6 Å². The molecule has 3 heterocycles. The summed E-state index contributed by atoms with van der Waals surface area (Å²) >= 11 is 5.87. The van der Waals surface area contributed by atoms with Gasteiger partial charge in [-0.15, -0.1) is 11.7 Å². The Morgan fingerprint density at radius 1 is 1.09 bits per heavy atom. The summed E-state index contributed by atoms with van der Waals surface area (Å²) in [5.41, 5.74) is 2.08. The summed E-state index contributed by atoms with van der Waals surface area (Å²) < 4.78 is 6.06. The van der Waals surface area contributed by atoms with Crippen molar-refractivity contribution in [1.82, 2.24) is 23.6 Å². The topological polar surface area (TPSA) is 47.5 Å². The summed E-state index contributed by atoms with van der Waals surface area (Å²) in [4.78, 5) is 15.6. The second kappa shape index (κ2) is 8.84. The molecule has 2 aromatic heterocycles. The zero-order chi connectivity index (χ0) is 22.1. The van der Waals surface area contributed by atoms with Gasteiger partial charge in [0.1, 0.15) is 0 Å². The molecule has 0 bridgehead atoms. The average molecular weight is 446 g/mol. The third kappa shape index (κ3) is 3.72. The van der Waals surface area contributed by atoms with Crippen molar-refractivity contribution >= 4 is 28.9 Å². The predicted octanol–water partition coefficient (Wildman–Crippen LogP) is 4.42. The molecule has 6 nitrogen and oxygen atoms in total. The fourth-order valence-electron chi connectivity index (χ4n) is 4.79. The van der Waals surface area contributed by atoms with E-state index in [1.165, 1.54) is 24.8 Å². The highest BCUT2D eigenvalue weighted by molar-refractivity contribution is 7.71. The third-order valence-corrected chi connectivity index (χ3v) is 6.77. The minimum Gasteiger partial charge on any atom is -0.281 e. The predicted molar refractivity (Wildman–Crippen MR) is 130 cm³/mol. The molecular weight excluding hydrogens is 418 g/mol. The SMILES string of the molecule is C=CCn1c(=O)c2ccccc2n2c(=S)n(CN3CCCC[C@@H]3Cc3ccccc3)nc12. The molecule has 7 heteroatoms. The lowest BCUT2D eigenvalue weighted by Crippen LogP contribution is -2.42. The van der Waals surface area contributed by atoms with Crippen molar-refractivity contribution in [2.45, 2.75) is 44.9 Å². The molecule has 4 aromatic rings. The molecule has 0 unspecified atom stereocenters. The molecular formula is C25H27N5OS. The Morgan fingerprint density at radius 3 is 2.69 bits per heavy atom. The van der Waals surface area contributed by atoms with Crippen molar-refractivity contribution in [1.29, 1.82) is 0 Å². The molecule has 1 saturated heterocycles. The first kappa shape index (κ1) is 20.8. The van der Waals surface area contributed by atoms with Gasteiger partial charge in [0.15, 0.2) is 0 Å². The van der Waals surface area contributed by atoms with Gasteiger partial charge in [0, 0.05) is 19.1 Å². The van der Waals surface area contributed by atoms with Gasteiger partial charge in [-0.25, -0.2) is 4.68 Å². The normalized spacial score (nSPS) is 17.2. The highest BCUT2D eigenvalue weighted by Gasteiger charge is 2.24. The maximum atomic E-state index is 13.1. The molecule has 1 aliphatic heterocycles. The molecule has 164 valence electrons. The van der Waals surface area contributed by atoms with Gasteiger partial charge in [-0.3, -0.25) is 18.7 Å². The number of hydrogen-bond donors (Lipinski definition) is 0. The van der Waals surface area contributed by atoms with Crippen LogP contribution in [0.5, 0.6) is 0 Å². The Balaban J connectivity index is 1.57. The van der Waals surface area contributed by atoms with Crippen molar-refractivity contribution in [2.75, 3.05) is 6.54 Å². The minimum atomic E-state index is -0.0694. The second-order valence-electron chi connectivity index (χ2n) is 8.43. The number of fused-ring (bicyclic) bond motifs is 3. The van der Waals surface area contributed by atoms with E-state index in [-0.39, 0.29) is 5.56 Å². The first-order chi connectivity index (χ1) is 15.7. The summed E-state index contributed by atoms with van der Waals surface area (Å²) in [6, 6.07) is 18.7. The van der Waals surface area contributed by atoms with Crippen LogP contribution in [0.4, 0.5) is 0 Å². The van der Waals surface area contributed by atoms with Crippen molar-refractivity contribution in [3.05, 3.63) is 87.9 Å². The highest BCUT2D eigenvalue weighted by Crippen LogP contribution is 2.22. The van der Waals surface area contributed by atoms with Crippen LogP contribution in [-0.2, 0) is 19.6 Å². The molecule has 0 aliphatic carbocycles. The van der Waals surface area contributed by atoms with E-state index in [1.54, 1.807) is 10.6 Å². The first-order valence-corrected chi connectivity index (χ1v) is 11.6. The number of aromatic nitrogens is 4. The number of likely N-dealkylation sites (tertiary alicyclic amines) is 1. The summed E-state index contributed by atoms with van der Waals surface area (Å²) in [7, 11) is 0. The smallest absolute Gasteiger partial charge is 0.263 e. The van der Waals surface area contributed by atoms with Crippen LogP contribution >= 0.6 is 12.2 Å². The van der Waals surface area contributed by atoms with Crippen LogP contribution < -0.4 is 5.56 Å². The highest BCUT2D eigenvalue weighted by atomic mass is 32.1. The van der Waals surface area contributed by atoms with Gasteiger partial charge in [-0.05, 0) is 49.2 Å². The van der Waals surface area contributed by atoms with E-state index in [4.69, 9.17) is 17.3 Å². The maximum absolute atomic E-state index is 13.1. The standard InChI is InChI=1S/C25H27N5OS/c1-2-15-28-23(31)21-13-6-7-14-22(21)30-24(28)26-29(25(30)32)18-27-16-9-8-12-20(27)17-19-10-4-3-5-11-19/h2-7,10-11,13-14,20H,1,8-9,12,15-18H2/t20-/m1/s1. The van der Waals surface area contributed by atoms with Crippen LogP contribution in [0.1, 0.15) is 24.8 Å². The number of para-hydroxylation sites is 1. The van der Waals surface area contributed by atoms with E-state index < -0.39 is 0 Å². The number of piperidine rings is 1. The van der Waals surface area contributed by atoms with Crippen LogP contribution in [-0.4, -0.2) is 36.2 Å². The van der Waals surface area contributed by atoms with Crippen molar-refractivity contribution in [3.63, 3.8) is 0 Å². The van der Waals surface area contributed by atoms with E-state index in [9.17, 15) is 4.79 Å². The summed E-state index contributed by atoms with van der Waals surface area (Å²) in [6.07, 6.45) is 6.33. The maximum Gasteiger partial charge on any atom is 0.263 e. The molecule has 1 atom stereocenters. The Morgan fingerprint density at radius 2 is 1.88 bits per heavy atom. The quantitative estimate of drug-likeness (QED) is 0.326. The fraction of sp³-hybridized carbons (Fsp3) is 0.320. The van der Waals surface area contributed by atoms with Gasteiger partial charge in [0.25, 0.3) is 5.56 Å². The molecule has 2 aromatic carbocycles. The lowest BCUT2D eigenvalue weighted by atomic mass is 9.96. The van der Waals surface area contributed by atoms with Gasteiger partial charge >= 0.3 is 0 Å². The van der Waals surface area contributed by atoms with Gasteiger partial charge in [-0.1, -0.05) is 55.0 Å². The Labute approximate surface area is 192 Å². The molecule has 1 fully saturated rings. The number of nitrogens with zero attached hydrogens (tertiary/aromatic N) is 5. The van der Waals surface area contributed by atoms with Crippen LogP contribution in [0.25, 0.3) is 16.7 Å². The monoisotopic (exact) mass is 445 g/mol. The zero-order valence-corrected chi connectivity index (χ0v) is 18.9. The second-order valence-corrected chi connectivity index (χ2v) is 8.80. The fourth-order valence-corrected chi connectivity index (χ4v) is 5.07. The van der Waals surface area contributed by atoms with Crippen molar-refractivity contribution < 1.29 is 0 Å². The molecule has 0 saturated carbocycles. The van der Waals surface area contributed by atoms with Crippen molar-refractivity contribution in [3.8, 4) is 0 Å². The van der Waals surface area contributed by atoms with Crippen LogP contribution in [0, 0.1) is 4.77 Å². The summed E-state index contributed by atoms with van der Waals surface area (Å²) in [5.74, 6) is 0.565. The molecule has 5 rings (SSSR count). The van der Waals surface area contributed by atoms with E-state index >= 15 is 0 Å². The zero-order valence-electron chi connectivity index (χ0n) is 18.1. The first-order valence-electron chi connectivity index (χ1n) is 11.2. The van der Waals surface area contributed by atoms with E-state index in [2.05, 4.69) is 41.8 Å². The van der Waals surface area contributed by atoms with Gasteiger partial charge < -0.3 is 0 Å². The largest absolute Gasteiger partial charge is 0.281 e. The molecule has 0 N–H and O–H groups in total. The lowest BCUT2D eigenvalue weighted by Gasteiger charge is -2.35. The summed E-state index contributed by atoms with van der Waals surface area (Å²) in [6.45, 7) is 5.85. The van der Waals surface area contributed by atoms with Gasteiger partial charge in [-0.2, -0.15) is 0 Å². The average Bonchev–Trinajstić information content (AvgIpc) is 3.14. The van der Waals surface area contributed by atoms with Crippen LogP contribution in [0.3, 0.4) is 0 Å². The van der Waals surface area contributed by atoms with Crippen LogP contribution in [0.15, 0.2) is 72.0 Å². The summed E-state index contributed by atoms with van der Waals surface area (Å²) in [5, 5.41) is 5.46.